The number of nitrogen functional groups attached to an aromatic ring is 2. The molecule has 9 heteroatoms. The summed E-state index contributed by atoms with van der Waals surface area (Å²) in [5.41, 5.74) is 15.8. The second kappa shape index (κ2) is 8.04. The van der Waals surface area contributed by atoms with Gasteiger partial charge in [0, 0.05) is 35.4 Å². The van der Waals surface area contributed by atoms with Crippen molar-refractivity contribution in [3.05, 3.63) is 54.7 Å². The van der Waals surface area contributed by atoms with Crippen molar-refractivity contribution in [2.75, 3.05) is 16.8 Å². The van der Waals surface area contributed by atoms with Crippen molar-refractivity contribution in [2.24, 2.45) is 0 Å². The molecule has 0 unspecified atom stereocenters. The molecule has 28 heavy (non-hydrogen) atoms. The molecule has 0 aliphatic heterocycles. The average Bonchev–Trinajstić information content (AvgIpc) is 3.04. The molecule has 0 aliphatic rings. The third kappa shape index (κ3) is 4.52. The molecule has 7 N–H and O–H groups in total. The Morgan fingerprint density at radius 3 is 2.64 bits per heavy atom. The van der Waals surface area contributed by atoms with Gasteiger partial charge in [0.2, 0.25) is 5.95 Å². The highest BCUT2D eigenvalue weighted by Gasteiger charge is 2.09. The van der Waals surface area contributed by atoms with Gasteiger partial charge in [0.15, 0.2) is 0 Å². The Labute approximate surface area is 160 Å². The number of hydrogen-bond acceptors (Lipinski definition) is 7. The van der Waals surface area contributed by atoms with Gasteiger partial charge in [0.1, 0.15) is 11.5 Å². The summed E-state index contributed by atoms with van der Waals surface area (Å²) in [5.74, 6) is 0.0284. The van der Waals surface area contributed by atoms with E-state index in [4.69, 9.17) is 21.4 Å². The average molecular weight is 377 g/mol. The van der Waals surface area contributed by atoms with Crippen LogP contribution in [0.5, 0.6) is 0 Å². The topological polar surface area (TPSA) is 156 Å². The standard InChI is InChI=1S/C17H15N7.C2H4O2/c18-11-3-1-2-10(8-11)16-13-9-12(4-5-14(13)23-24-16)21-15-6-7-20-17(19)22-15;1-2(3)4/h1-9H,18H2,(H,23,24)(H3,19,20,21,22);1H3,(H,3,4). The first-order valence-corrected chi connectivity index (χ1v) is 8.31. The number of fused-ring (bicyclic) bond motifs is 1. The minimum absolute atomic E-state index is 0.227. The summed E-state index contributed by atoms with van der Waals surface area (Å²) in [6, 6.07) is 15.3. The Morgan fingerprint density at radius 1 is 1.14 bits per heavy atom. The molecule has 0 saturated heterocycles. The quantitative estimate of drug-likeness (QED) is 0.341. The minimum atomic E-state index is -0.833. The number of H-pyrrole nitrogens is 1. The van der Waals surface area contributed by atoms with Crippen LogP contribution in [0.25, 0.3) is 22.2 Å². The van der Waals surface area contributed by atoms with Crippen LogP contribution in [0.1, 0.15) is 6.92 Å². The zero-order valence-corrected chi connectivity index (χ0v) is 15.0. The number of aromatic amines is 1. The number of aliphatic carboxylic acids is 1. The Morgan fingerprint density at radius 2 is 1.93 bits per heavy atom. The summed E-state index contributed by atoms with van der Waals surface area (Å²) < 4.78 is 0. The van der Waals surface area contributed by atoms with Gasteiger partial charge < -0.3 is 21.9 Å². The summed E-state index contributed by atoms with van der Waals surface area (Å²) in [4.78, 5) is 17.0. The molecule has 0 saturated carbocycles. The van der Waals surface area contributed by atoms with E-state index in [9.17, 15) is 0 Å². The van der Waals surface area contributed by atoms with Crippen LogP contribution in [0.4, 0.5) is 23.1 Å². The van der Waals surface area contributed by atoms with Crippen LogP contribution < -0.4 is 16.8 Å². The summed E-state index contributed by atoms with van der Waals surface area (Å²) in [7, 11) is 0. The highest BCUT2D eigenvalue weighted by atomic mass is 16.4. The van der Waals surface area contributed by atoms with Gasteiger partial charge in [-0.25, -0.2) is 4.98 Å². The molecule has 0 bridgehead atoms. The van der Waals surface area contributed by atoms with Gasteiger partial charge in [-0.2, -0.15) is 10.1 Å². The van der Waals surface area contributed by atoms with Crippen LogP contribution >= 0.6 is 0 Å². The number of carboxylic acids is 1. The Kier molecular flexibility index (Phi) is 5.35. The molecule has 2 heterocycles. The van der Waals surface area contributed by atoms with E-state index in [1.54, 1.807) is 12.3 Å². The number of hydrogen-bond donors (Lipinski definition) is 5. The van der Waals surface area contributed by atoms with Crippen molar-refractivity contribution in [2.45, 2.75) is 6.92 Å². The van der Waals surface area contributed by atoms with Gasteiger partial charge in [-0.05, 0) is 36.4 Å². The lowest BCUT2D eigenvalue weighted by molar-refractivity contribution is -0.134. The molecule has 4 rings (SSSR count). The molecule has 0 atom stereocenters. The molecule has 2 aromatic carbocycles. The monoisotopic (exact) mass is 377 g/mol. The van der Waals surface area contributed by atoms with Gasteiger partial charge in [0.25, 0.3) is 5.97 Å². The van der Waals surface area contributed by atoms with Crippen LogP contribution in [0.2, 0.25) is 0 Å². The predicted molar refractivity (Wildman–Crippen MR) is 109 cm³/mol. The maximum Gasteiger partial charge on any atom is 0.300 e. The van der Waals surface area contributed by atoms with E-state index in [1.807, 2.05) is 42.5 Å². The van der Waals surface area contributed by atoms with E-state index in [0.29, 0.717) is 11.5 Å². The normalized spacial score (nSPS) is 10.2. The molecule has 0 amide bonds. The number of anilines is 4. The molecule has 0 aliphatic carbocycles. The summed E-state index contributed by atoms with van der Waals surface area (Å²) in [6.45, 7) is 1.08. The second-order valence-corrected chi connectivity index (χ2v) is 5.90. The molecular weight excluding hydrogens is 358 g/mol. The smallest absolute Gasteiger partial charge is 0.300 e. The highest BCUT2D eigenvalue weighted by Crippen LogP contribution is 2.30. The van der Waals surface area contributed by atoms with Crippen molar-refractivity contribution in [3.63, 3.8) is 0 Å². The first-order chi connectivity index (χ1) is 13.4. The van der Waals surface area contributed by atoms with E-state index in [1.165, 1.54) is 0 Å². The maximum absolute atomic E-state index is 9.00. The van der Waals surface area contributed by atoms with Gasteiger partial charge in [-0.1, -0.05) is 12.1 Å². The van der Waals surface area contributed by atoms with E-state index >= 15 is 0 Å². The zero-order chi connectivity index (χ0) is 20.1. The third-order valence-corrected chi connectivity index (χ3v) is 3.67. The lowest BCUT2D eigenvalue weighted by Gasteiger charge is -2.06. The van der Waals surface area contributed by atoms with Crippen LogP contribution in [0.3, 0.4) is 0 Å². The molecular formula is C19H19N7O2. The SMILES string of the molecule is CC(=O)O.Nc1cccc(-c2n[nH]c3ccc(Nc4ccnc(N)n4)cc23)c1. The molecule has 0 fully saturated rings. The maximum atomic E-state index is 9.00. The summed E-state index contributed by atoms with van der Waals surface area (Å²) in [5, 5.41) is 19.1. The fourth-order valence-corrected chi connectivity index (χ4v) is 2.59. The minimum Gasteiger partial charge on any atom is -0.481 e. The Bertz CT molecular complexity index is 1120. The lowest BCUT2D eigenvalue weighted by atomic mass is 10.1. The van der Waals surface area contributed by atoms with E-state index in [0.717, 1.165) is 34.8 Å². The predicted octanol–water partition coefficient (Wildman–Crippen LogP) is 3.02. The number of nitrogens with two attached hydrogens (primary N) is 2. The van der Waals surface area contributed by atoms with Gasteiger partial charge >= 0.3 is 0 Å². The Balaban J connectivity index is 0.000000516. The molecule has 9 nitrogen and oxygen atoms in total. The fourth-order valence-electron chi connectivity index (χ4n) is 2.59. The molecule has 4 aromatic rings. The second-order valence-electron chi connectivity index (χ2n) is 5.90. The van der Waals surface area contributed by atoms with E-state index < -0.39 is 5.97 Å². The van der Waals surface area contributed by atoms with Gasteiger partial charge in [-0.15, -0.1) is 0 Å². The van der Waals surface area contributed by atoms with Crippen LogP contribution in [0, 0.1) is 0 Å². The number of rotatable bonds is 3. The van der Waals surface area contributed by atoms with Crippen molar-refractivity contribution in [1.82, 2.24) is 20.2 Å². The van der Waals surface area contributed by atoms with Crippen molar-refractivity contribution in [3.8, 4) is 11.3 Å². The highest BCUT2D eigenvalue weighted by molar-refractivity contribution is 5.95. The largest absolute Gasteiger partial charge is 0.481 e. The molecule has 142 valence electrons. The number of carboxylic acid groups (broad SMARTS) is 1. The van der Waals surface area contributed by atoms with Crippen molar-refractivity contribution < 1.29 is 9.90 Å². The molecule has 2 aromatic heterocycles. The summed E-state index contributed by atoms with van der Waals surface area (Å²) >= 11 is 0. The zero-order valence-electron chi connectivity index (χ0n) is 15.0. The van der Waals surface area contributed by atoms with Gasteiger partial charge in [0.05, 0.1) is 5.52 Å². The number of nitrogens with zero attached hydrogens (tertiary/aromatic N) is 3. The summed E-state index contributed by atoms with van der Waals surface area (Å²) in [6.07, 6.45) is 1.61. The Hall–Kier alpha value is -4.14. The van der Waals surface area contributed by atoms with Crippen molar-refractivity contribution in [1.29, 1.82) is 0 Å². The van der Waals surface area contributed by atoms with Crippen molar-refractivity contribution >= 4 is 40.0 Å². The number of aromatic nitrogens is 4. The first-order valence-electron chi connectivity index (χ1n) is 8.31. The first kappa shape index (κ1) is 18.6. The molecule has 0 radical (unpaired) electrons. The van der Waals surface area contributed by atoms with E-state index in [-0.39, 0.29) is 5.95 Å². The number of benzene rings is 2. The van der Waals surface area contributed by atoms with Crippen LogP contribution in [-0.4, -0.2) is 31.2 Å². The molecule has 0 spiro atoms. The number of nitrogens with one attached hydrogen (secondary N) is 2. The number of carbonyl (C=O) groups is 1. The van der Waals surface area contributed by atoms with E-state index in [2.05, 4.69) is 25.5 Å². The lowest BCUT2D eigenvalue weighted by Crippen LogP contribution is -1.98. The van der Waals surface area contributed by atoms with Crippen LogP contribution in [-0.2, 0) is 4.79 Å². The van der Waals surface area contributed by atoms with Crippen LogP contribution in [0.15, 0.2) is 54.7 Å². The third-order valence-electron chi connectivity index (χ3n) is 3.67. The van der Waals surface area contributed by atoms with Gasteiger partial charge in [-0.3, -0.25) is 9.89 Å². The fraction of sp³-hybridized carbons (Fsp3) is 0.0526.